The van der Waals surface area contributed by atoms with Crippen molar-refractivity contribution in [2.45, 2.75) is 32.4 Å². The molecule has 29 heavy (non-hydrogen) atoms. The lowest BCUT2D eigenvalue weighted by molar-refractivity contribution is 0.0931. The zero-order chi connectivity index (χ0) is 20.2. The van der Waals surface area contributed by atoms with Crippen molar-refractivity contribution >= 4 is 5.91 Å². The largest absolute Gasteiger partial charge is 0.497 e. The van der Waals surface area contributed by atoms with Gasteiger partial charge in [-0.3, -0.25) is 4.79 Å². The van der Waals surface area contributed by atoms with Crippen LogP contribution in [0.3, 0.4) is 0 Å². The number of hydrogen-bond acceptors (Lipinski definition) is 6. The minimum Gasteiger partial charge on any atom is -0.497 e. The average molecular weight is 393 g/mol. The Balaban J connectivity index is 1.38. The summed E-state index contributed by atoms with van der Waals surface area (Å²) in [5, 5.41) is 6.96. The molecule has 2 aromatic carbocycles. The van der Waals surface area contributed by atoms with Crippen LogP contribution in [0.25, 0.3) is 0 Å². The molecule has 0 radical (unpaired) electrons. The third-order valence-electron chi connectivity index (χ3n) is 4.91. The van der Waals surface area contributed by atoms with E-state index in [1.165, 1.54) is 0 Å². The molecule has 0 bridgehead atoms. The van der Waals surface area contributed by atoms with Crippen molar-refractivity contribution in [3.8, 4) is 11.5 Å². The van der Waals surface area contributed by atoms with Crippen molar-refractivity contribution in [1.82, 2.24) is 15.5 Å². The van der Waals surface area contributed by atoms with Gasteiger partial charge < -0.3 is 19.3 Å². The molecule has 7 nitrogen and oxygen atoms in total. The van der Waals surface area contributed by atoms with E-state index in [0.717, 1.165) is 24.2 Å². The van der Waals surface area contributed by atoms with Gasteiger partial charge >= 0.3 is 0 Å². The van der Waals surface area contributed by atoms with Crippen LogP contribution in [0.4, 0.5) is 0 Å². The summed E-state index contributed by atoms with van der Waals surface area (Å²) in [5.74, 6) is 2.80. The summed E-state index contributed by atoms with van der Waals surface area (Å²) in [7, 11) is 1.64. The molecule has 1 N–H and O–H groups in total. The van der Waals surface area contributed by atoms with Gasteiger partial charge in [0, 0.05) is 12.5 Å². The van der Waals surface area contributed by atoms with E-state index in [4.69, 9.17) is 14.0 Å². The molecule has 150 valence electrons. The first-order chi connectivity index (χ1) is 14.1. The van der Waals surface area contributed by atoms with Crippen LogP contribution in [0.2, 0.25) is 0 Å². The van der Waals surface area contributed by atoms with Gasteiger partial charge in [0.25, 0.3) is 5.91 Å². The maximum absolute atomic E-state index is 12.8. The molecule has 1 atom stereocenters. The van der Waals surface area contributed by atoms with E-state index in [2.05, 4.69) is 15.5 Å². The van der Waals surface area contributed by atoms with Gasteiger partial charge in [0.05, 0.1) is 13.2 Å². The Labute approximate surface area is 169 Å². The van der Waals surface area contributed by atoms with E-state index in [9.17, 15) is 4.79 Å². The van der Waals surface area contributed by atoms with E-state index in [1.807, 2.05) is 24.3 Å². The van der Waals surface area contributed by atoms with Gasteiger partial charge in [-0.05, 0) is 60.7 Å². The zero-order valence-electron chi connectivity index (χ0n) is 16.4. The molecule has 0 spiro atoms. The SMILES string of the molecule is COc1ccc(C(NC(=O)c2ccc(OCc3noc(C)n3)cc2)C2CC2)cc1. The van der Waals surface area contributed by atoms with Crippen molar-refractivity contribution < 1.29 is 18.8 Å². The number of benzene rings is 2. The Bertz CT molecular complexity index is 962. The monoisotopic (exact) mass is 393 g/mol. The van der Waals surface area contributed by atoms with Gasteiger partial charge in [-0.2, -0.15) is 4.98 Å². The Morgan fingerprint density at radius 3 is 2.41 bits per heavy atom. The highest BCUT2D eigenvalue weighted by atomic mass is 16.5. The number of carbonyl (C=O) groups is 1. The maximum Gasteiger partial charge on any atom is 0.251 e. The van der Waals surface area contributed by atoms with E-state index in [0.29, 0.717) is 28.9 Å². The molecule has 1 aliphatic rings. The van der Waals surface area contributed by atoms with Gasteiger partial charge in [-0.1, -0.05) is 17.3 Å². The molecular weight excluding hydrogens is 370 g/mol. The van der Waals surface area contributed by atoms with Crippen molar-refractivity contribution in [3.05, 3.63) is 71.4 Å². The summed E-state index contributed by atoms with van der Waals surface area (Å²) >= 11 is 0. The number of amides is 1. The number of hydrogen-bond donors (Lipinski definition) is 1. The van der Waals surface area contributed by atoms with E-state index >= 15 is 0 Å². The molecule has 3 aromatic rings. The van der Waals surface area contributed by atoms with Gasteiger partial charge in [-0.15, -0.1) is 0 Å². The Hall–Kier alpha value is -3.35. The minimum absolute atomic E-state index is 0.00538. The maximum atomic E-state index is 12.8. The highest BCUT2D eigenvalue weighted by molar-refractivity contribution is 5.94. The van der Waals surface area contributed by atoms with Crippen molar-refractivity contribution in [2.75, 3.05) is 7.11 Å². The smallest absolute Gasteiger partial charge is 0.251 e. The fraction of sp³-hybridized carbons (Fsp3) is 0.318. The summed E-state index contributed by atoms with van der Waals surface area (Å²) in [6.45, 7) is 1.94. The number of ether oxygens (including phenoxy) is 2. The van der Waals surface area contributed by atoms with Crippen LogP contribution < -0.4 is 14.8 Å². The van der Waals surface area contributed by atoms with Gasteiger partial charge in [0.15, 0.2) is 6.61 Å². The molecule has 0 aliphatic heterocycles. The van der Waals surface area contributed by atoms with Crippen LogP contribution in [0.15, 0.2) is 53.1 Å². The van der Waals surface area contributed by atoms with Gasteiger partial charge in [0.1, 0.15) is 11.5 Å². The third-order valence-corrected chi connectivity index (χ3v) is 4.91. The number of methoxy groups -OCH3 is 1. The van der Waals surface area contributed by atoms with E-state index in [1.54, 1.807) is 38.3 Å². The second-order valence-electron chi connectivity index (χ2n) is 7.10. The Morgan fingerprint density at radius 1 is 1.14 bits per heavy atom. The van der Waals surface area contributed by atoms with Crippen LogP contribution in [-0.4, -0.2) is 23.2 Å². The predicted octanol–water partition coefficient (Wildman–Crippen LogP) is 3.85. The first-order valence-electron chi connectivity index (χ1n) is 9.59. The number of aryl methyl sites for hydroxylation is 1. The highest BCUT2D eigenvalue weighted by Crippen LogP contribution is 2.41. The lowest BCUT2D eigenvalue weighted by atomic mass is 10.0. The van der Waals surface area contributed by atoms with Crippen LogP contribution in [-0.2, 0) is 6.61 Å². The molecule has 1 unspecified atom stereocenters. The fourth-order valence-electron chi connectivity index (χ4n) is 3.19. The highest BCUT2D eigenvalue weighted by Gasteiger charge is 2.33. The van der Waals surface area contributed by atoms with Crippen LogP contribution in [0, 0.1) is 12.8 Å². The van der Waals surface area contributed by atoms with Gasteiger partial charge in [-0.25, -0.2) is 0 Å². The van der Waals surface area contributed by atoms with Crippen molar-refractivity contribution in [1.29, 1.82) is 0 Å². The summed E-state index contributed by atoms with van der Waals surface area (Å²) in [5.41, 5.74) is 1.68. The molecule has 1 saturated carbocycles. The normalized spacial score (nSPS) is 14.3. The number of nitrogens with one attached hydrogen (secondary N) is 1. The van der Waals surface area contributed by atoms with E-state index in [-0.39, 0.29) is 18.6 Å². The molecule has 1 aliphatic carbocycles. The Morgan fingerprint density at radius 2 is 1.83 bits per heavy atom. The summed E-state index contributed by atoms with van der Waals surface area (Å²) in [4.78, 5) is 16.9. The third kappa shape index (κ3) is 4.74. The molecule has 1 heterocycles. The Kier molecular flexibility index (Phi) is 5.46. The zero-order valence-corrected chi connectivity index (χ0v) is 16.4. The molecule has 7 heteroatoms. The topological polar surface area (TPSA) is 86.5 Å². The first kappa shape index (κ1) is 19.0. The quantitative estimate of drug-likeness (QED) is 0.626. The minimum atomic E-state index is -0.0990. The standard InChI is InChI=1S/C22H23N3O4/c1-14-23-20(25-29-14)13-28-19-11-7-17(8-12-19)22(26)24-21(15-3-4-15)16-5-9-18(27-2)10-6-16/h5-12,15,21H,3-4,13H2,1-2H3,(H,24,26). The van der Waals surface area contributed by atoms with E-state index < -0.39 is 0 Å². The summed E-state index contributed by atoms with van der Waals surface area (Å²) < 4.78 is 15.8. The average Bonchev–Trinajstić information content (AvgIpc) is 3.51. The van der Waals surface area contributed by atoms with Crippen molar-refractivity contribution in [3.63, 3.8) is 0 Å². The number of nitrogens with zero attached hydrogens (tertiary/aromatic N) is 2. The first-order valence-corrected chi connectivity index (χ1v) is 9.59. The molecule has 4 rings (SSSR count). The lowest BCUT2D eigenvalue weighted by Crippen LogP contribution is -2.29. The molecule has 1 aromatic heterocycles. The lowest BCUT2D eigenvalue weighted by Gasteiger charge is -2.19. The van der Waals surface area contributed by atoms with Crippen LogP contribution in [0.1, 0.15) is 46.5 Å². The number of carbonyl (C=O) groups excluding carboxylic acids is 1. The molecule has 0 saturated heterocycles. The van der Waals surface area contributed by atoms with Crippen molar-refractivity contribution in [2.24, 2.45) is 5.92 Å². The van der Waals surface area contributed by atoms with Gasteiger partial charge in [0.2, 0.25) is 11.7 Å². The molecular formula is C22H23N3O4. The summed E-state index contributed by atoms with van der Waals surface area (Å²) in [6.07, 6.45) is 2.25. The molecule has 1 fully saturated rings. The van der Waals surface area contributed by atoms with Crippen LogP contribution >= 0.6 is 0 Å². The molecule has 1 amide bonds. The van der Waals surface area contributed by atoms with Crippen LogP contribution in [0.5, 0.6) is 11.5 Å². The number of rotatable bonds is 8. The fourth-order valence-corrected chi connectivity index (χ4v) is 3.19. The second-order valence-corrected chi connectivity index (χ2v) is 7.10. The summed E-state index contributed by atoms with van der Waals surface area (Å²) in [6, 6.07) is 14.9. The predicted molar refractivity (Wildman–Crippen MR) is 106 cm³/mol. The second kappa shape index (κ2) is 8.34. The number of aromatic nitrogens is 2.